The van der Waals surface area contributed by atoms with Crippen LogP contribution >= 0.6 is 11.3 Å². The van der Waals surface area contributed by atoms with E-state index in [2.05, 4.69) is 15.6 Å². The van der Waals surface area contributed by atoms with Gasteiger partial charge in [-0.25, -0.2) is 9.78 Å². The number of anilines is 2. The summed E-state index contributed by atoms with van der Waals surface area (Å²) in [5.74, 6) is -0.405. The molecule has 2 heterocycles. The summed E-state index contributed by atoms with van der Waals surface area (Å²) in [4.78, 5) is 42.5. The highest BCUT2D eigenvalue weighted by molar-refractivity contribution is 7.14. The molecule has 33 heavy (non-hydrogen) atoms. The summed E-state index contributed by atoms with van der Waals surface area (Å²) in [6.45, 7) is 2.11. The Labute approximate surface area is 195 Å². The van der Waals surface area contributed by atoms with E-state index in [9.17, 15) is 14.4 Å². The Morgan fingerprint density at radius 1 is 1.09 bits per heavy atom. The Kier molecular flexibility index (Phi) is 6.99. The molecule has 2 N–H and O–H groups in total. The summed E-state index contributed by atoms with van der Waals surface area (Å²) in [7, 11) is 0. The van der Waals surface area contributed by atoms with Crippen molar-refractivity contribution >= 4 is 40.1 Å². The number of hydrogen-bond acceptors (Lipinski definition) is 6. The van der Waals surface area contributed by atoms with Crippen LogP contribution in [0.3, 0.4) is 0 Å². The third-order valence-corrected chi connectivity index (χ3v) is 5.99. The number of benzene rings is 2. The Morgan fingerprint density at radius 2 is 1.85 bits per heavy atom. The molecule has 3 amide bonds. The monoisotopic (exact) mass is 464 g/mol. The van der Waals surface area contributed by atoms with Crippen LogP contribution in [-0.2, 0) is 20.9 Å². The number of thiazole rings is 1. The van der Waals surface area contributed by atoms with Crippen molar-refractivity contribution in [2.24, 2.45) is 0 Å². The highest BCUT2D eigenvalue weighted by atomic mass is 32.1. The second-order valence-electron chi connectivity index (χ2n) is 7.68. The second-order valence-corrected chi connectivity index (χ2v) is 8.54. The van der Waals surface area contributed by atoms with Crippen molar-refractivity contribution in [2.45, 2.75) is 32.4 Å². The molecule has 1 aliphatic rings. The van der Waals surface area contributed by atoms with Crippen LogP contribution in [-0.4, -0.2) is 40.4 Å². The number of carbonyl (C=O) groups is 3. The number of likely N-dealkylation sites (tertiary alicyclic amines) is 1. The van der Waals surface area contributed by atoms with Crippen LogP contribution in [0.15, 0.2) is 60.0 Å². The molecule has 1 aliphatic heterocycles. The van der Waals surface area contributed by atoms with E-state index in [0.717, 1.165) is 23.2 Å². The number of carbonyl (C=O) groups excluding carboxylic acids is 3. The van der Waals surface area contributed by atoms with E-state index < -0.39 is 12.1 Å². The van der Waals surface area contributed by atoms with Crippen molar-refractivity contribution in [3.05, 3.63) is 65.5 Å². The maximum Gasteiger partial charge on any atom is 0.410 e. The van der Waals surface area contributed by atoms with E-state index in [4.69, 9.17) is 4.74 Å². The lowest BCUT2D eigenvalue weighted by atomic mass is 10.1. The van der Waals surface area contributed by atoms with Gasteiger partial charge in [-0.3, -0.25) is 14.5 Å². The summed E-state index contributed by atoms with van der Waals surface area (Å²) in [6, 6.07) is 16.2. The topological polar surface area (TPSA) is 101 Å². The average Bonchev–Trinajstić information content (AvgIpc) is 3.48. The zero-order valence-electron chi connectivity index (χ0n) is 18.1. The quantitative estimate of drug-likeness (QED) is 0.559. The van der Waals surface area contributed by atoms with Gasteiger partial charge in [-0.05, 0) is 30.5 Å². The predicted octanol–water partition coefficient (Wildman–Crippen LogP) is 4.51. The Balaban J connectivity index is 1.35. The molecule has 1 aromatic heterocycles. The second kappa shape index (κ2) is 10.3. The summed E-state index contributed by atoms with van der Waals surface area (Å²) < 4.78 is 5.41. The van der Waals surface area contributed by atoms with Crippen LogP contribution in [0.25, 0.3) is 11.3 Å². The number of amides is 3. The molecule has 4 rings (SSSR count). The van der Waals surface area contributed by atoms with Gasteiger partial charge in [-0.15, -0.1) is 11.3 Å². The zero-order chi connectivity index (χ0) is 23.2. The van der Waals surface area contributed by atoms with Crippen LogP contribution in [0.5, 0.6) is 0 Å². The molecule has 0 radical (unpaired) electrons. The van der Waals surface area contributed by atoms with E-state index in [1.54, 1.807) is 12.1 Å². The van der Waals surface area contributed by atoms with Crippen LogP contribution in [0.4, 0.5) is 15.6 Å². The van der Waals surface area contributed by atoms with Gasteiger partial charge in [0, 0.05) is 30.1 Å². The first-order valence-corrected chi connectivity index (χ1v) is 11.5. The lowest BCUT2D eigenvalue weighted by molar-refractivity contribution is -0.120. The fourth-order valence-electron chi connectivity index (χ4n) is 3.64. The van der Waals surface area contributed by atoms with Crippen LogP contribution in [0.2, 0.25) is 0 Å². The van der Waals surface area contributed by atoms with E-state index >= 15 is 0 Å². The SMILES string of the molecule is CC(=O)Nc1ccc(-c2csc(NC(=O)C3CCCN3C(=O)OCc3ccccc3)n2)cc1. The van der Waals surface area contributed by atoms with Crippen LogP contribution < -0.4 is 10.6 Å². The zero-order valence-corrected chi connectivity index (χ0v) is 18.9. The van der Waals surface area contributed by atoms with Crippen molar-refractivity contribution in [2.75, 3.05) is 17.2 Å². The number of nitrogens with one attached hydrogen (secondary N) is 2. The summed E-state index contributed by atoms with van der Waals surface area (Å²) in [5, 5.41) is 7.87. The van der Waals surface area contributed by atoms with E-state index in [1.807, 2.05) is 47.8 Å². The van der Waals surface area contributed by atoms with Crippen LogP contribution in [0, 0.1) is 0 Å². The largest absolute Gasteiger partial charge is 0.445 e. The molecular formula is C24H24N4O4S. The molecule has 2 aromatic carbocycles. The molecule has 0 aliphatic carbocycles. The number of hydrogen-bond donors (Lipinski definition) is 2. The third kappa shape index (κ3) is 5.75. The molecule has 1 fully saturated rings. The third-order valence-electron chi connectivity index (χ3n) is 5.23. The summed E-state index contributed by atoms with van der Waals surface area (Å²) >= 11 is 1.32. The van der Waals surface area contributed by atoms with Crippen molar-refractivity contribution in [1.29, 1.82) is 0 Å². The van der Waals surface area contributed by atoms with Crippen molar-refractivity contribution in [3.8, 4) is 11.3 Å². The minimum Gasteiger partial charge on any atom is -0.445 e. The fourth-order valence-corrected chi connectivity index (χ4v) is 4.36. The summed E-state index contributed by atoms with van der Waals surface area (Å²) in [5.41, 5.74) is 3.19. The normalized spacial score (nSPS) is 15.2. The Hall–Kier alpha value is -3.72. The van der Waals surface area contributed by atoms with E-state index in [-0.39, 0.29) is 18.4 Å². The van der Waals surface area contributed by atoms with Gasteiger partial charge in [0.05, 0.1) is 5.69 Å². The minimum atomic E-state index is -0.586. The first-order chi connectivity index (χ1) is 16.0. The molecule has 1 saturated heterocycles. The summed E-state index contributed by atoms with van der Waals surface area (Å²) in [6.07, 6.45) is 0.827. The van der Waals surface area contributed by atoms with Gasteiger partial charge in [0.25, 0.3) is 0 Å². The predicted molar refractivity (Wildman–Crippen MR) is 127 cm³/mol. The minimum absolute atomic E-state index is 0.133. The molecular weight excluding hydrogens is 440 g/mol. The van der Waals surface area contributed by atoms with Gasteiger partial charge < -0.3 is 15.4 Å². The molecule has 0 spiro atoms. The fraction of sp³-hybridized carbons (Fsp3) is 0.250. The molecule has 1 atom stereocenters. The van der Waals surface area contributed by atoms with Crippen molar-refractivity contribution in [3.63, 3.8) is 0 Å². The van der Waals surface area contributed by atoms with Gasteiger partial charge in [-0.1, -0.05) is 42.5 Å². The molecule has 3 aromatic rings. The van der Waals surface area contributed by atoms with Gasteiger partial charge in [0.1, 0.15) is 12.6 Å². The van der Waals surface area contributed by atoms with Crippen LogP contribution in [0.1, 0.15) is 25.3 Å². The number of ether oxygens (including phenoxy) is 1. The average molecular weight is 465 g/mol. The molecule has 1 unspecified atom stereocenters. The Bertz CT molecular complexity index is 1130. The number of rotatable bonds is 6. The number of aromatic nitrogens is 1. The molecule has 170 valence electrons. The Morgan fingerprint density at radius 3 is 2.58 bits per heavy atom. The lowest BCUT2D eigenvalue weighted by Gasteiger charge is -2.22. The highest BCUT2D eigenvalue weighted by Gasteiger charge is 2.35. The smallest absolute Gasteiger partial charge is 0.410 e. The van der Waals surface area contributed by atoms with Gasteiger partial charge in [0.2, 0.25) is 11.8 Å². The van der Waals surface area contributed by atoms with Gasteiger partial charge >= 0.3 is 6.09 Å². The maximum absolute atomic E-state index is 12.9. The van der Waals surface area contributed by atoms with E-state index in [0.29, 0.717) is 23.8 Å². The van der Waals surface area contributed by atoms with Gasteiger partial charge in [-0.2, -0.15) is 0 Å². The lowest BCUT2D eigenvalue weighted by Crippen LogP contribution is -2.43. The molecule has 9 heteroatoms. The van der Waals surface area contributed by atoms with Crippen molar-refractivity contribution in [1.82, 2.24) is 9.88 Å². The molecule has 0 bridgehead atoms. The number of nitrogens with zero attached hydrogens (tertiary/aromatic N) is 2. The highest BCUT2D eigenvalue weighted by Crippen LogP contribution is 2.27. The standard InChI is InChI=1S/C24H24N4O4S/c1-16(29)25-19-11-9-18(10-12-19)20-15-33-23(26-20)27-22(30)21-8-5-13-28(21)24(31)32-14-17-6-3-2-4-7-17/h2-4,6-7,9-12,15,21H,5,8,13-14H2,1H3,(H,25,29)(H,26,27,30). The maximum atomic E-state index is 12.9. The first-order valence-electron chi connectivity index (χ1n) is 10.6. The molecule has 0 saturated carbocycles. The van der Waals surface area contributed by atoms with E-state index in [1.165, 1.54) is 23.2 Å². The van der Waals surface area contributed by atoms with Crippen molar-refractivity contribution < 1.29 is 19.1 Å². The first kappa shape index (κ1) is 22.5. The molecule has 8 nitrogen and oxygen atoms in total. The van der Waals surface area contributed by atoms with Gasteiger partial charge in [0.15, 0.2) is 5.13 Å².